The van der Waals surface area contributed by atoms with Gasteiger partial charge >= 0.3 is 0 Å². The largest absolute Gasteiger partial charge is 0.396 e. The molecule has 0 fully saturated rings. The Hall–Kier alpha value is -1.91. The second kappa shape index (κ2) is 5.84. The first-order valence-corrected chi connectivity index (χ1v) is 7.34. The van der Waals surface area contributed by atoms with Gasteiger partial charge in [0, 0.05) is 11.6 Å². The predicted octanol–water partition coefficient (Wildman–Crippen LogP) is 3.17. The van der Waals surface area contributed by atoms with E-state index in [1.54, 1.807) is 10.9 Å². The van der Waals surface area contributed by atoms with Crippen molar-refractivity contribution < 1.29 is 5.11 Å². The average molecular weight is 302 g/mol. The Morgan fingerprint density at radius 2 is 1.81 bits per heavy atom. The number of fused-ring (bicyclic) bond motifs is 1. The summed E-state index contributed by atoms with van der Waals surface area (Å²) in [5.41, 5.74) is 4.78. The molecule has 0 spiro atoms. The molecule has 0 radical (unpaired) electrons. The molecule has 0 bridgehead atoms. The normalized spacial score (nSPS) is 11.2. The maximum absolute atomic E-state index is 9.14. The number of hydrogen-bond acceptors (Lipinski definition) is 3. The first-order valence-electron chi connectivity index (χ1n) is 6.96. The molecule has 5 heteroatoms. The molecule has 1 N–H and O–H groups in total. The van der Waals surface area contributed by atoms with E-state index in [0.717, 1.165) is 28.7 Å². The molecule has 2 aromatic carbocycles. The number of hydrogen-bond donors (Lipinski definition) is 1. The molecule has 108 valence electrons. The highest BCUT2D eigenvalue weighted by Gasteiger charge is 2.07. The van der Waals surface area contributed by atoms with Gasteiger partial charge in [0.1, 0.15) is 11.0 Å². The van der Waals surface area contributed by atoms with Crippen molar-refractivity contribution in [3.05, 3.63) is 52.5 Å². The fraction of sp³-hybridized carbons (Fsp3) is 0.250. The monoisotopic (exact) mass is 301 g/mol. The van der Waals surface area contributed by atoms with E-state index < -0.39 is 0 Å². The van der Waals surface area contributed by atoms with E-state index in [-0.39, 0.29) is 6.61 Å². The first kappa shape index (κ1) is 14.0. The number of nitrogens with zero attached hydrogens (tertiary/aromatic N) is 3. The third-order valence-corrected chi connectivity index (χ3v) is 3.65. The molecule has 3 rings (SSSR count). The van der Waals surface area contributed by atoms with Crippen LogP contribution >= 0.6 is 11.6 Å². The number of halogens is 1. The van der Waals surface area contributed by atoms with Crippen LogP contribution < -0.4 is 0 Å². The van der Waals surface area contributed by atoms with E-state index in [9.17, 15) is 0 Å². The zero-order chi connectivity index (χ0) is 14.8. The molecule has 1 heterocycles. The molecule has 0 saturated heterocycles. The van der Waals surface area contributed by atoms with Crippen LogP contribution in [0, 0.1) is 0 Å². The molecule has 3 aromatic rings. The van der Waals surface area contributed by atoms with E-state index in [1.807, 2.05) is 18.2 Å². The van der Waals surface area contributed by atoms with Gasteiger partial charge in [-0.3, -0.25) is 0 Å². The third kappa shape index (κ3) is 2.91. The van der Waals surface area contributed by atoms with Crippen LogP contribution in [0.5, 0.6) is 0 Å². The van der Waals surface area contributed by atoms with E-state index in [1.165, 1.54) is 5.56 Å². The highest BCUT2D eigenvalue weighted by Crippen LogP contribution is 2.19. The van der Waals surface area contributed by atoms with Crippen LogP contribution in [-0.4, -0.2) is 26.7 Å². The van der Waals surface area contributed by atoms with Crippen molar-refractivity contribution in [2.75, 3.05) is 6.61 Å². The molecular formula is C16H16ClN3O. The van der Waals surface area contributed by atoms with Gasteiger partial charge in [-0.05, 0) is 54.3 Å². The smallest absolute Gasteiger partial charge is 0.115 e. The van der Waals surface area contributed by atoms with Gasteiger partial charge in [-0.1, -0.05) is 24.6 Å². The summed E-state index contributed by atoms with van der Waals surface area (Å²) in [5, 5.41) is 18.8. The predicted molar refractivity (Wildman–Crippen MR) is 84.0 cm³/mol. The van der Waals surface area contributed by atoms with Crippen LogP contribution in [0.2, 0.25) is 5.02 Å². The van der Waals surface area contributed by atoms with E-state index >= 15 is 0 Å². The van der Waals surface area contributed by atoms with E-state index in [0.29, 0.717) is 11.4 Å². The fourth-order valence-corrected chi connectivity index (χ4v) is 2.51. The quantitative estimate of drug-likeness (QED) is 0.805. The molecular weight excluding hydrogens is 286 g/mol. The van der Waals surface area contributed by atoms with Gasteiger partial charge in [-0.25, -0.2) is 0 Å². The first-order chi connectivity index (χ1) is 10.2. The number of rotatable bonds is 4. The van der Waals surface area contributed by atoms with Gasteiger partial charge < -0.3 is 5.11 Å². The molecule has 0 atom stereocenters. The van der Waals surface area contributed by atoms with Crippen LogP contribution in [0.3, 0.4) is 0 Å². The highest BCUT2D eigenvalue weighted by atomic mass is 35.5. The summed E-state index contributed by atoms with van der Waals surface area (Å²) in [6.45, 7) is 2.24. The molecule has 0 amide bonds. The Labute approximate surface area is 128 Å². The van der Waals surface area contributed by atoms with Gasteiger partial charge in [0.15, 0.2) is 0 Å². The van der Waals surface area contributed by atoms with Crippen molar-refractivity contribution in [2.45, 2.75) is 19.8 Å². The van der Waals surface area contributed by atoms with Crippen molar-refractivity contribution in [1.82, 2.24) is 15.0 Å². The van der Waals surface area contributed by atoms with Gasteiger partial charge in [0.05, 0.1) is 5.69 Å². The lowest BCUT2D eigenvalue weighted by atomic mass is 10.1. The summed E-state index contributed by atoms with van der Waals surface area (Å²) >= 11 is 5.98. The Kier molecular flexibility index (Phi) is 3.90. The summed E-state index contributed by atoms with van der Waals surface area (Å²) in [7, 11) is 0. The summed E-state index contributed by atoms with van der Waals surface area (Å²) in [6, 6.07) is 11.7. The fourth-order valence-electron chi connectivity index (χ4n) is 2.34. The van der Waals surface area contributed by atoms with Crippen molar-refractivity contribution >= 4 is 22.6 Å². The number of aryl methyl sites for hydroxylation is 1. The second-order valence-corrected chi connectivity index (χ2v) is 5.39. The van der Waals surface area contributed by atoms with Crippen LogP contribution in [0.4, 0.5) is 0 Å². The number of aliphatic hydroxyl groups is 1. The van der Waals surface area contributed by atoms with Crippen LogP contribution in [0.15, 0.2) is 36.4 Å². The van der Waals surface area contributed by atoms with Crippen LogP contribution in [0.1, 0.15) is 18.1 Å². The van der Waals surface area contributed by atoms with Crippen molar-refractivity contribution in [3.8, 4) is 5.69 Å². The lowest BCUT2D eigenvalue weighted by Gasteiger charge is -2.07. The highest BCUT2D eigenvalue weighted by molar-refractivity contribution is 6.31. The Morgan fingerprint density at radius 1 is 1.05 bits per heavy atom. The third-order valence-electron chi connectivity index (χ3n) is 3.42. The molecule has 21 heavy (non-hydrogen) atoms. The van der Waals surface area contributed by atoms with Crippen LogP contribution in [-0.2, 0) is 12.8 Å². The topological polar surface area (TPSA) is 50.9 Å². The molecule has 4 nitrogen and oxygen atoms in total. The molecule has 0 unspecified atom stereocenters. The summed E-state index contributed by atoms with van der Waals surface area (Å²) in [4.78, 5) is 1.63. The number of aliphatic hydroxyl groups excluding tert-OH is 1. The molecule has 0 aliphatic heterocycles. The zero-order valence-corrected chi connectivity index (χ0v) is 12.5. The summed E-state index contributed by atoms with van der Waals surface area (Å²) in [6.07, 6.45) is 1.56. The molecule has 0 aliphatic carbocycles. The second-order valence-electron chi connectivity index (χ2n) is 4.96. The van der Waals surface area contributed by atoms with Crippen molar-refractivity contribution in [3.63, 3.8) is 0 Å². The van der Waals surface area contributed by atoms with Gasteiger partial charge in [0.2, 0.25) is 0 Å². The lowest BCUT2D eigenvalue weighted by molar-refractivity contribution is 0.299. The van der Waals surface area contributed by atoms with Crippen molar-refractivity contribution in [2.24, 2.45) is 0 Å². The van der Waals surface area contributed by atoms with Gasteiger partial charge in [-0.2, -0.15) is 4.80 Å². The molecule has 0 aliphatic rings. The van der Waals surface area contributed by atoms with E-state index in [4.69, 9.17) is 16.7 Å². The summed E-state index contributed by atoms with van der Waals surface area (Å²) in [5.74, 6) is 0. The van der Waals surface area contributed by atoms with E-state index in [2.05, 4.69) is 29.3 Å². The maximum Gasteiger partial charge on any atom is 0.115 e. The van der Waals surface area contributed by atoms with Gasteiger partial charge in [-0.15, -0.1) is 10.2 Å². The molecule has 0 saturated carbocycles. The Bertz CT molecular complexity index is 782. The minimum absolute atomic E-state index is 0.136. The minimum atomic E-state index is 0.136. The Balaban J connectivity index is 2.10. The standard InChI is InChI=1S/C16H16ClN3O/c1-2-11-7-12(5-6-21)9-14(8-11)20-18-15-4-3-13(17)10-16(15)19-20/h3-4,7-10,21H,2,5-6H2,1H3. The van der Waals surface area contributed by atoms with Crippen LogP contribution in [0.25, 0.3) is 16.7 Å². The zero-order valence-electron chi connectivity index (χ0n) is 11.8. The maximum atomic E-state index is 9.14. The number of benzene rings is 2. The van der Waals surface area contributed by atoms with Crippen molar-refractivity contribution in [1.29, 1.82) is 0 Å². The SMILES string of the molecule is CCc1cc(CCO)cc(-n2nc3ccc(Cl)cc3n2)c1. The van der Waals surface area contributed by atoms with Gasteiger partial charge in [0.25, 0.3) is 0 Å². The lowest BCUT2D eigenvalue weighted by Crippen LogP contribution is -2.02. The Morgan fingerprint density at radius 3 is 2.57 bits per heavy atom. The minimum Gasteiger partial charge on any atom is -0.396 e. The molecule has 1 aromatic heterocycles. The average Bonchev–Trinajstić information content (AvgIpc) is 2.90. The summed E-state index contributed by atoms with van der Waals surface area (Å²) < 4.78 is 0. The number of aromatic nitrogens is 3.